The van der Waals surface area contributed by atoms with Crippen molar-refractivity contribution in [3.8, 4) is 5.95 Å². The van der Waals surface area contributed by atoms with Gasteiger partial charge in [-0.3, -0.25) is 9.78 Å². The molecule has 0 fully saturated rings. The summed E-state index contributed by atoms with van der Waals surface area (Å²) in [4.78, 5) is 35.4. The first kappa shape index (κ1) is 10.2. The first-order valence-electron chi connectivity index (χ1n) is 4.87. The molecule has 3 aromatic rings. The Balaban J connectivity index is 2.18. The lowest BCUT2D eigenvalue weighted by molar-refractivity contribution is 0.0697. The van der Waals surface area contributed by atoms with Crippen LogP contribution < -0.4 is 5.56 Å². The van der Waals surface area contributed by atoms with Crippen LogP contribution in [0.25, 0.3) is 17.1 Å². The van der Waals surface area contributed by atoms with Crippen molar-refractivity contribution in [1.82, 2.24) is 29.7 Å². The smallest absolute Gasteiger partial charge is 0.338 e. The van der Waals surface area contributed by atoms with E-state index in [9.17, 15) is 9.59 Å². The van der Waals surface area contributed by atoms with Gasteiger partial charge in [-0.05, 0) is 0 Å². The number of nitrogens with zero attached hydrogens (tertiary/aromatic N) is 4. The lowest BCUT2D eigenvalue weighted by Gasteiger charge is -1.98. The van der Waals surface area contributed by atoms with Crippen molar-refractivity contribution in [2.45, 2.75) is 0 Å². The molecule has 18 heavy (non-hydrogen) atoms. The van der Waals surface area contributed by atoms with E-state index in [1.165, 1.54) is 17.2 Å². The molecule has 0 amide bonds. The van der Waals surface area contributed by atoms with Crippen molar-refractivity contribution in [1.29, 1.82) is 0 Å². The summed E-state index contributed by atoms with van der Waals surface area (Å²) in [6.07, 6.45) is 3.76. The molecular formula is C9H6N6O3. The van der Waals surface area contributed by atoms with Crippen LogP contribution in [0.15, 0.2) is 23.5 Å². The highest BCUT2D eigenvalue weighted by molar-refractivity contribution is 5.86. The van der Waals surface area contributed by atoms with Crippen molar-refractivity contribution in [3.63, 3.8) is 0 Å². The molecule has 0 aliphatic heterocycles. The third-order valence-corrected chi connectivity index (χ3v) is 2.33. The maximum atomic E-state index is 11.7. The highest BCUT2D eigenvalue weighted by atomic mass is 16.4. The summed E-state index contributed by atoms with van der Waals surface area (Å²) in [5.74, 6) is -1.00. The van der Waals surface area contributed by atoms with Crippen LogP contribution in [0.1, 0.15) is 10.4 Å². The van der Waals surface area contributed by atoms with Crippen LogP contribution in [0.2, 0.25) is 0 Å². The molecule has 0 bridgehead atoms. The molecule has 9 heteroatoms. The van der Waals surface area contributed by atoms with Gasteiger partial charge in [-0.2, -0.15) is 10.1 Å². The minimum absolute atomic E-state index is 0.000210. The number of hydrogen-bond acceptors (Lipinski definition) is 5. The molecule has 0 atom stereocenters. The van der Waals surface area contributed by atoms with Gasteiger partial charge in [0.15, 0.2) is 11.2 Å². The number of H-pyrrole nitrogens is 2. The number of nitrogens with one attached hydrogen (secondary N) is 2. The normalized spacial score (nSPS) is 10.9. The molecule has 0 aliphatic rings. The first-order valence-corrected chi connectivity index (χ1v) is 4.87. The van der Waals surface area contributed by atoms with Gasteiger partial charge in [0, 0.05) is 6.20 Å². The van der Waals surface area contributed by atoms with Crippen molar-refractivity contribution in [3.05, 3.63) is 34.6 Å². The molecule has 3 heterocycles. The number of carboxylic acids is 1. The Morgan fingerprint density at radius 3 is 3.00 bits per heavy atom. The fraction of sp³-hybridized carbons (Fsp3) is 0. The number of fused-ring (bicyclic) bond motifs is 1. The number of carboxylic acid groups (broad SMARTS) is 1. The number of aromatic carboxylic acids is 1. The van der Waals surface area contributed by atoms with Gasteiger partial charge in [0.25, 0.3) is 5.56 Å². The third kappa shape index (κ3) is 1.45. The highest BCUT2D eigenvalue weighted by Crippen LogP contribution is 2.05. The van der Waals surface area contributed by atoms with Crippen LogP contribution in [-0.4, -0.2) is 40.8 Å². The predicted octanol–water partition coefficient (Wildman–Crippen LogP) is -0.470. The zero-order valence-electron chi connectivity index (χ0n) is 8.78. The van der Waals surface area contributed by atoms with E-state index in [0.29, 0.717) is 0 Å². The quantitative estimate of drug-likeness (QED) is 0.560. The van der Waals surface area contributed by atoms with Gasteiger partial charge in [-0.1, -0.05) is 0 Å². The summed E-state index contributed by atoms with van der Waals surface area (Å²) in [5.41, 5.74) is 0.0881. The van der Waals surface area contributed by atoms with Crippen LogP contribution in [0.4, 0.5) is 0 Å². The van der Waals surface area contributed by atoms with Gasteiger partial charge in [0.05, 0.1) is 18.1 Å². The SMILES string of the molecule is O=C(O)c1cnn(-c2nc3nc[nH]c3c(=O)[nH]2)c1. The van der Waals surface area contributed by atoms with Gasteiger partial charge >= 0.3 is 5.97 Å². The first-order chi connectivity index (χ1) is 8.65. The van der Waals surface area contributed by atoms with Crippen molar-refractivity contribution in [2.75, 3.05) is 0 Å². The lowest BCUT2D eigenvalue weighted by atomic mass is 10.4. The Morgan fingerprint density at radius 2 is 2.28 bits per heavy atom. The highest BCUT2D eigenvalue weighted by Gasteiger charge is 2.11. The number of aromatic nitrogens is 6. The monoisotopic (exact) mass is 246 g/mol. The fourth-order valence-corrected chi connectivity index (χ4v) is 1.49. The lowest BCUT2D eigenvalue weighted by Crippen LogP contribution is -2.13. The Kier molecular flexibility index (Phi) is 1.99. The van der Waals surface area contributed by atoms with Crippen molar-refractivity contribution >= 4 is 17.1 Å². The molecule has 90 valence electrons. The molecular weight excluding hydrogens is 240 g/mol. The second-order valence-corrected chi connectivity index (χ2v) is 3.47. The minimum atomic E-state index is -1.11. The summed E-state index contributed by atoms with van der Waals surface area (Å²) in [6, 6.07) is 0. The third-order valence-electron chi connectivity index (χ3n) is 2.33. The zero-order chi connectivity index (χ0) is 12.7. The van der Waals surface area contributed by atoms with Gasteiger partial charge in [-0.15, -0.1) is 0 Å². The summed E-state index contributed by atoms with van der Waals surface area (Å²) in [5, 5.41) is 12.6. The molecule has 0 saturated carbocycles. The van der Waals surface area contributed by atoms with Gasteiger partial charge in [0.1, 0.15) is 0 Å². The van der Waals surface area contributed by atoms with Gasteiger partial charge in [0.2, 0.25) is 5.95 Å². The van der Waals surface area contributed by atoms with E-state index in [-0.39, 0.29) is 22.7 Å². The van der Waals surface area contributed by atoms with Crippen molar-refractivity contribution < 1.29 is 9.90 Å². The van der Waals surface area contributed by atoms with Crippen LogP contribution in [0.5, 0.6) is 0 Å². The Bertz CT molecular complexity index is 798. The van der Waals surface area contributed by atoms with Gasteiger partial charge < -0.3 is 10.1 Å². The molecule has 3 aromatic heterocycles. The van der Waals surface area contributed by atoms with E-state index in [1.807, 2.05) is 0 Å². The fourth-order valence-electron chi connectivity index (χ4n) is 1.49. The predicted molar refractivity (Wildman–Crippen MR) is 58.6 cm³/mol. The van der Waals surface area contributed by atoms with Crippen LogP contribution in [0, 0.1) is 0 Å². The number of aromatic amines is 2. The summed E-state index contributed by atoms with van der Waals surface area (Å²) in [6.45, 7) is 0. The second kappa shape index (κ2) is 3.52. The van der Waals surface area contributed by atoms with E-state index in [0.717, 1.165) is 6.20 Å². The average Bonchev–Trinajstić information content (AvgIpc) is 2.97. The molecule has 0 spiro atoms. The topological polar surface area (TPSA) is 130 Å². The van der Waals surface area contributed by atoms with E-state index in [1.54, 1.807) is 0 Å². The number of carbonyl (C=O) groups is 1. The molecule has 0 radical (unpaired) electrons. The average molecular weight is 246 g/mol. The molecule has 3 rings (SSSR count). The maximum absolute atomic E-state index is 11.7. The van der Waals surface area contributed by atoms with E-state index < -0.39 is 11.5 Å². The number of hydrogen-bond donors (Lipinski definition) is 3. The maximum Gasteiger partial charge on any atom is 0.338 e. The summed E-state index contributed by atoms with van der Waals surface area (Å²) in [7, 11) is 0. The minimum Gasteiger partial charge on any atom is -0.478 e. The molecule has 3 N–H and O–H groups in total. The van der Waals surface area contributed by atoms with E-state index in [4.69, 9.17) is 5.11 Å². The Hall–Kier alpha value is -2.97. The van der Waals surface area contributed by atoms with E-state index in [2.05, 4.69) is 25.0 Å². The van der Waals surface area contributed by atoms with Crippen LogP contribution >= 0.6 is 0 Å². The molecule has 0 aromatic carbocycles. The zero-order valence-corrected chi connectivity index (χ0v) is 8.78. The van der Waals surface area contributed by atoms with Gasteiger partial charge in [-0.25, -0.2) is 14.5 Å². The summed E-state index contributed by atoms with van der Waals surface area (Å²) < 4.78 is 1.17. The second-order valence-electron chi connectivity index (χ2n) is 3.47. The van der Waals surface area contributed by atoms with E-state index >= 15 is 0 Å². The summed E-state index contributed by atoms with van der Waals surface area (Å²) >= 11 is 0. The van der Waals surface area contributed by atoms with Crippen LogP contribution in [0.3, 0.4) is 0 Å². The largest absolute Gasteiger partial charge is 0.478 e. The molecule has 0 aliphatic carbocycles. The number of imidazole rings is 1. The Morgan fingerprint density at radius 1 is 1.44 bits per heavy atom. The van der Waals surface area contributed by atoms with Crippen LogP contribution in [-0.2, 0) is 0 Å². The van der Waals surface area contributed by atoms with Crippen molar-refractivity contribution in [2.24, 2.45) is 0 Å². The Labute approximate surface area is 98.1 Å². The molecule has 0 saturated heterocycles. The number of rotatable bonds is 2. The molecule has 9 nitrogen and oxygen atoms in total. The standard InChI is InChI=1S/C9H6N6O3/c16-7-5-6(11-3-10-5)13-9(14-7)15-2-4(1-12-15)8(17)18/h1-3H,(H,17,18)(H2,10,11,13,14,16). The molecule has 0 unspecified atom stereocenters.